The molecule has 0 bridgehead atoms. The van der Waals surface area contributed by atoms with Gasteiger partial charge in [-0.25, -0.2) is 13.6 Å². The van der Waals surface area contributed by atoms with Crippen molar-refractivity contribution in [1.82, 2.24) is 14.3 Å². The van der Waals surface area contributed by atoms with Gasteiger partial charge in [0, 0.05) is 18.7 Å². The summed E-state index contributed by atoms with van der Waals surface area (Å²) >= 11 is 6.75. The molecule has 11 heteroatoms. The Morgan fingerprint density at radius 3 is 2.14 bits per heavy atom. The van der Waals surface area contributed by atoms with E-state index in [1.807, 2.05) is 62.1 Å². The maximum Gasteiger partial charge on any atom is 0.349 e. The molecule has 1 aromatic heterocycles. The van der Waals surface area contributed by atoms with Crippen molar-refractivity contribution in [3.8, 4) is 5.75 Å². The summed E-state index contributed by atoms with van der Waals surface area (Å²) < 4.78 is 47.2. The average molecular weight is 703 g/mol. The number of halogens is 3. The molecule has 1 atom stereocenters. The third kappa shape index (κ3) is 5.89. The molecule has 256 valence electrons. The lowest BCUT2D eigenvalue weighted by Crippen LogP contribution is -2.66. The average Bonchev–Trinajstić information content (AvgIpc) is 3.40. The van der Waals surface area contributed by atoms with Crippen LogP contribution in [0, 0.1) is 11.6 Å². The second-order valence-corrected chi connectivity index (χ2v) is 18.3. The van der Waals surface area contributed by atoms with Crippen LogP contribution < -0.4 is 25.7 Å². The molecule has 0 N–H and O–H groups in total. The number of anilines is 1. The summed E-state index contributed by atoms with van der Waals surface area (Å²) in [5.74, 6) is -0.734. The van der Waals surface area contributed by atoms with E-state index in [0.717, 1.165) is 15.1 Å². The molecule has 7 nitrogen and oxygen atoms in total. The largest absolute Gasteiger partial charge is 0.457 e. The molecule has 0 saturated heterocycles. The van der Waals surface area contributed by atoms with Crippen LogP contribution in [0.1, 0.15) is 52.9 Å². The van der Waals surface area contributed by atoms with E-state index in [1.165, 1.54) is 28.8 Å². The van der Waals surface area contributed by atoms with Crippen molar-refractivity contribution in [2.45, 2.75) is 71.5 Å². The molecule has 5 aromatic rings. The molecular weight excluding hydrogens is 662 g/mol. The smallest absolute Gasteiger partial charge is 0.349 e. The first-order chi connectivity index (χ1) is 23.3. The first kappa shape index (κ1) is 34.6. The van der Waals surface area contributed by atoms with Crippen molar-refractivity contribution in [3.63, 3.8) is 0 Å². The molecule has 1 aliphatic rings. The van der Waals surface area contributed by atoms with Gasteiger partial charge in [0.25, 0.3) is 14.0 Å². The fourth-order valence-corrected chi connectivity index (χ4v) is 11.9. The van der Waals surface area contributed by atoms with Gasteiger partial charge in [-0.15, -0.1) is 5.10 Å². The maximum atomic E-state index is 16.1. The Kier molecular flexibility index (Phi) is 9.34. The van der Waals surface area contributed by atoms with Gasteiger partial charge in [-0.3, -0.25) is 4.57 Å². The minimum Gasteiger partial charge on any atom is -0.457 e. The maximum absolute atomic E-state index is 16.1. The van der Waals surface area contributed by atoms with Crippen molar-refractivity contribution >= 4 is 36.0 Å². The highest BCUT2D eigenvalue weighted by Gasteiger charge is 2.52. The molecule has 0 radical (unpaired) electrons. The third-order valence-corrected chi connectivity index (χ3v) is 14.6. The van der Waals surface area contributed by atoms with Crippen LogP contribution in [-0.2, 0) is 23.3 Å². The summed E-state index contributed by atoms with van der Waals surface area (Å²) in [6, 6.07) is 28.7. The number of aromatic nitrogens is 3. The Labute approximate surface area is 291 Å². The monoisotopic (exact) mass is 702 g/mol. The predicted molar refractivity (Wildman–Crippen MR) is 193 cm³/mol. The molecule has 0 amide bonds. The van der Waals surface area contributed by atoms with E-state index in [2.05, 4.69) is 45.0 Å². The van der Waals surface area contributed by atoms with Gasteiger partial charge in [-0.2, -0.15) is 4.68 Å². The highest BCUT2D eigenvalue weighted by Crippen LogP contribution is 2.45. The van der Waals surface area contributed by atoms with Crippen LogP contribution in [0.25, 0.3) is 0 Å². The van der Waals surface area contributed by atoms with Crippen molar-refractivity contribution in [1.29, 1.82) is 0 Å². The number of nitrogens with zero attached hydrogens (tertiary/aromatic N) is 4. The molecule has 0 saturated carbocycles. The normalized spacial score (nSPS) is 16.5. The lowest BCUT2D eigenvalue weighted by molar-refractivity contribution is 0.0102. The van der Waals surface area contributed by atoms with Gasteiger partial charge in [0.1, 0.15) is 17.4 Å². The van der Waals surface area contributed by atoms with Gasteiger partial charge in [-0.05, 0) is 60.4 Å². The summed E-state index contributed by atoms with van der Waals surface area (Å²) in [6.07, 6.45) is 0. The minimum atomic E-state index is -3.02. The Morgan fingerprint density at radius 2 is 1.59 bits per heavy atom. The fraction of sp³-hybridized carbons (Fsp3) is 0.316. The van der Waals surface area contributed by atoms with Crippen molar-refractivity contribution in [3.05, 3.63) is 136 Å². The van der Waals surface area contributed by atoms with Crippen molar-refractivity contribution in [2.75, 3.05) is 11.4 Å². The van der Waals surface area contributed by atoms with E-state index < -0.39 is 31.4 Å². The topological polar surface area (TPSA) is 61.5 Å². The van der Waals surface area contributed by atoms with Crippen molar-refractivity contribution < 1.29 is 17.9 Å². The standard InChI is InChI=1S/C38H41ClF2N4O3Si/c1-7-43-34(24-47-49(37(4,5)6,28-15-10-8-11-16-28)29-17-12-9-13-18-29)42-45(36(43)46)38(35-30(39)19-14-20-31(35)41)25-44(26(2)3)32-22-21-27(40)23-33(32)48-38/h8-23,26H,7,24-25H2,1-6H3. The summed E-state index contributed by atoms with van der Waals surface area (Å²) in [6.45, 7) is 12.5. The Hall–Kier alpha value is -4.25. The summed E-state index contributed by atoms with van der Waals surface area (Å²) in [4.78, 5) is 16.5. The highest BCUT2D eigenvalue weighted by molar-refractivity contribution is 6.99. The number of benzene rings is 4. The second-order valence-electron chi connectivity index (χ2n) is 13.6. The van der Waals surface area contributed by atoms with Crippen LogP contribution in [0.2, 0.25) is 10.1 Å². The minimum absolute atomic E-state index is 0.0104. The molecule has 0 aliphatic carbocycles. The van der Waals surface area contributed by atoms with E-state index in [4.69, 9.17) is 25.9 Å². The first-order valence-corrected chi connectivity index (χ1v) is 18.8. The van der Waals surface area contributed by atoms with Crippen LogP contribution in [-0.4, -0.2) is 35.3 Å². The second kappa shape index (κ2) is 13.2. The van der Waals surface area contributed by atoms with Crippen LogP contribution in [0.4, 0.5) is 14.5 Å². The van der Waals surface area contributed by atoms with Crippen LogP contribution in [0.15, 0.2) is 102 Å². The molecule has 2 heterocycles. The van der Waals surface area contributed by atoms with Gasteiger partial charge in [0.05, 0.1) is 29.4 Å². The Bertz CT molecular complexity index is 1950. The lowest BCUT2D eigenvalue weighted by atomic mass is 9.97. The zero-order valence-electron chi connectivity index (χ0n) is 28.6. The van der Waals surface area contributed by atoms with Gasteiger partial charge >= 0.3 is 5.69 Å². The van der Waals surface area contributed by atoms with Gasteiger partial charge in [0.15, 0.2) is 5.82 Å². The quantitative estimate of drug-likeness (QED) is 0.154. The molecule has 1 aliphatic heterocycles. The Balaban J connectivity index is 1.56. The molecule has 0 spiro atoms. The molecule has 49 heavy (non-hydrogen) atoms. The third-order valence-electron chi connectivity index (χ3n) is 9.30. The van der Waals surface area contributed by atoms with E-state index in [-0.39, 0.29) is 47.1 Å². The molecule has 1 unspecified atom stereocenters. The Morgan fingerprint density at radius 1 is 0.959 bits per heavy atom. The zero-order chi connectivity index (χ0) is 35.1. The molecular formula is C38H41ClF2N4O3Si. The number of fused-ring (bicyclic) bond motifs is 1. The predicted octanol–water partition coefficient (Wildman–Crippen LogP) is 7.08. The lowest BCUT2D eigenvalue weighted by Gasteiger charge is -2.46. The van der Waals surface area contributed by atoms with E-state index in [1.54, 1.807) is 12.1 Å². The molecule has 6 rings (SSSR count). The van der Waals surface area contributed by atoms with Gasteiger partial charge in [-0.1, -0.05) is 99.1 Å². The van der Waals surface area contributed by atoms with Gasteiger partial charge < -0.3 is 14.1 Å². The van der Waals surface area contributed by atoms with Crippen LogP contribution in [0.3, 0.4) is 0 Å². The number of rotatable bonds is 9. The number of hydrogen-bond acceptors (Lipinski definition) is 5. The highest BCUT2D eigenvalue weighted by atomic mass is 35.5. The van der Waals surface area contributed by atoms with Gasteiger partial charge in [0.2, 0.25) is 0 Å². The molecule has 0 fully saturated rings. The van der Waals surface area contributed by atoms with Crippen LogP contribution >= 0.6 is 11.6 Å². The summed E-state index contributed by atoms with van der Waals surface area (Å²) in [5, 5.41) is 6.77. The van der Waals surface area contributed by atoms with E-state index >= 15 is 4.39 Å². The summed E-state index contributed by atoms with van der Waals surface area (Å²) in [7, 11) is -3.02. The SMILES string of the molecule is CCn1c(CO[Si](c2ccccc2)(c2ccccc2)C(C)(C)C)nn(C2(c3c(F)cccc3Cl)CN(C(C)C)c3ccc(F)cc3O2)c1=O. The van der Waals surface area contributed by atoms with Crippen LogP contribution in [0.5, 0.6) is 5.75 Å². The van der Waals surface area contributed by atoms with E-state index in [0.29, 0.717) is 11.5 Å². The number of ether oxygens (including phenoxy) is 1. The number of hydrogen-bond donors (Lipinski definition) is 0. The van der Waals surface area contributed by atoms with E-state index in [9.17, 15) is 9.18 Å². The molecule has 4 aromatic carbocycles. The van der Waals surface area contributed by atoms with Crippen molar-refractivity contribution in [2.24, 2.45) is 0 Å². The first-order valence-electron chi connectivity index (χ1n) is 16.5. The summed E-state index contributed by atoms with van der Waals surface area (Å²) in [5.41, 5.74) is -1.89. The zero-order valence-corrected chi connectivity index (χ0v) is 30.3. The fourth-order valence-electron chi connectivity index (χ4n) is 7.05.